The highest BCUT2D eigenvalue weighted by atomic mass is 16.7. The summed E-state index contributed by atoms with van der Waals surface area (Å²) in [6, 6.07) is 0. The van der Waals surface area contributed by atoms with Gasteiger partial charge in [-0.3, -0.25) is 0 Å². The van der Waals surface area contributed by atoms with E-state index < -0.39 is 36.3 Å². The first-order valence-corrected chi connectivity index (χ1v) is 14.4. The van der Waals surface area contributed by atoms with Crippen molar-refractivity contribution in [2.45, 2.75) is 121 Å². The first kappa shape index (κ1) is 26.2. The third-order valence-electron chi connectivity index (χ3n) is 12.1. The highest BCUT2D eigenvalue weighted by molar-refractivity contribution is 5.85. The van der Waals surface area contributed by atoms with Crippen LogP contribution in [0.15, 0.2) is 11.6 Å². The molecule has 8 heteroatoms. The summed E-state index contributed by atoms with van der Waals surface area (Å²) in [5.74, 6) is 1.14. The van der Waals surface area contributed by atoms with Gasteiger partial charge in [0.25, 0.3) is 0 Å². The van der Waals surface area contributed by atoms with Crippen molar-refractivity contribution in [2.24, 2.45) is 34.5 Å². The van der Waals surface area contributed by atoms with Crippen LogP contribution in [0.3, 0.4) is 0 Å². The number of carbonyl (C=O) groups excluding carboxylic acids is 1. The van der Waals surface area contributed by atoms with Crippen LogP contribution in [0.5, 0.6) is 0 Å². The Bertz CT molecular complexity index is 952. The Morgan fingerprint density at radius 2 is 1.73 bits per heavy atom. The molecule has 0 radical (unpaired) electrons. The maximum atomic E-state index is 12.4. The molecule has 0 aromatic rings. The van der Waals surface area contributed by atoms with Crippen molar-refractivity contribution in [2.75, 3.05) is 6.61 Å². The number of aliphatic hydroxyl groups is 4. The lowest BCUT2D eigenvalue weighted by Crippen LogP contribution is -2.62. The monoisotopic (exact) mass is 520 g/mol. The predicted octanol–water partition coefficient (Wildman–Crippen LogP) is 2.46. The van der Waals surface area contributed by atoms with Crippen LogP contribution in [-0.4, -0.2) is 75.4 Å². The second-order valence-electron chi connectivity index (χ2n) is 13.5. The number of fused-ring (bicyclic) bond motifs is 5. The topological polar surface area (TPSA) is 126 Å². The number of cyclic esters (lactones) is 1. The van der Waals surface area contributed by atoms with E-state index in [0.717, 1.165) is 63.4 Å². The Morgan fingerprint density at radius 1 is 0.946 bits per heavy atom. The van der Waals surface area contributed by atoms with Crippen LogP contribution in [0.25, 0.3) is 0 Å². The van der Waals surface area contributed by atoms with Crippen LogP contribution < -0.4 is 0 Å². The average molecular weight is 521 g/mol. The zero-order chi connectivity index (χ0) is 26.3. The quantitative estimate of drug-likeness (QED) is 0.330. The highest BCUT2D eigenvalue weighted by Gasteiger charge is 2.67. The van der Waals surface area contributed by atoms with E-state index in [1.165, 1.54) is 0 Å². The number of hydrogen-bond donors (Lipinski definition) is 4. The summed E-state index contributed by atoms with van der Waals surface area (Å²) in [5.41, 5.74) is 0.243. The minimum Gasteiger partial charge on any atom is -0.458 e. The van der Waals surface area contributed by atoms with Crippen molar-refractivity contribution < 1.29 is 39.4 Å². The Labute approximate surface area is 219 Å². The molecule has 13 atom stereocenters. The molecular formula is C29H44O8. The molecule has 0 spiro atoms. The summed E-state index contributed by atoms with van der Waals surface area (Å²) in [4.78, 5) is 11.8. The van der Waals surface area contributed by atoms with Crippen LogP contribution in [0, 0.1) is 34.5 Å². The van der Waals surface area contributed by atoms with Gasteiger partial charge in [-0.05, 0) is 99.4 Å². The molecule has 5 unspecified atom stereocenters. The number of esters is 1. The fourth-order valence-corrected chi connectivity index (χ4v) is 9.81. The second-order valence-corrected chi connectivity index (χ2v) is 13.5. The fraction of sp³-hybridized carbons (Fsp3) is 0.897. The molecule has 8 nitrogen and oxygen atoms in total. The minimum atomic E-state index is -1.28. The van der Waals surface area contributed by atoms with Crippen LogP contribution in [-0.2, 0) is 19.0 Å². The van der Waals surface area contributed by atoms with Crippen molar-refractivity contribution in [3.05, 3.63) is 11.6 Å². The van der Waals surface area contributed by atoms with E-state index in [0.29, 0.717) is 18.4 Å². The summed E-state index contributed by atoms with van der Waals surface area (Å²) < 4.78 is 17.2. The van der Waals surface area contributed by atoms with E-state index >= 15 is 0 Å². The zero-order valence-corrected chi connectivity index (χ0v) is 22.3. The van der Waals surface area contributed by atoms with Crippen molar-refractivity contribution >= 4 is 5.97 Å². The van der Waals surface area contributed by atoms with E-state index in [2.05, 4.69) is 13.8 Å². The van der Waals surface area contributed by atoms with E-state index in [9.17, 15) is 25.2 Å². The minimum absolute atomic E-state index is 0.0661. The summed E-state index contributed by atoms with van der Waals surface area (Å²) in [6.07, 6.45) is 4.88. The fourth-order valence-electron chi connectivity index (χ4n) is 9.81. The maximum Gasteiger partial charge on any atom is 0.331 e. The third kappa shape index (κ3) is 3.80. The molecule has 2 heterocycles. The van der Waals surface area contributed by atoms with E-state index in [4.69, 9.17) is 14.2 Å². The Hall–Kier alpha value is -1.03. The standard InChI is InChI=1S/C29H44O8/c1-15-23(31)24(32)25(33)26(36-15)37-18-6-9-27(2)17(13-18)4-5-21-20(27)7-10-28(3)19(8-11-29(21,28)34)16-12-22(30)35-14-16/h12,15,17-21,23-26,31-34H,4-11,13-14H2,1-3H3/t15?,17-,18+,19-,20?,21-,23+,24?,25+,26+,27?,28?,29+/m1/s1. The molecule has 4 aliphatic carbocycles. The van der Waals surface area contributed by atoms with Gasteiger partial charge in [0.1, 0.15) is 24.9 Å². The molecule has 0 amide bonds. The van der Waals surface area contributed by atoms with Gasteiger partial charge < -0.3 is 34.6 Å². The Morgan fingerprint density at radius 3 is 2.46 bits per heavy atom. The molecule has 37 heavy (non-hydrogen) atoms. The summed E-state index contributed by atoms with van der Waals surface area (Å²) in [5, 5.41) is 43.0. The lowest BCUT2D eigenvalue weighted by atomic mass is 9.43. The molecule has 6 aliphatic rings. The number of hydrogen-bond acceptors (Lipinski definition) is 8. The van der Waals surface area contributed by atoms with Crippen LogP contribution >= 0.6 is 0 Å². The molecule has 0 aromatic heterocycles. The van der Waals surface area contributed by atoms with Crippen LogP contribution in [0.1, 0.15) is 78.6 Å². The molecule has 1 saturated heterocycles. The third-order valence-corrected chi connectivity index (χ3v) is 12.1. The van der Waals surface area contributed by atoms with Crippen LogP contribution in [0.2, 0.25) is 0 Å². The molecule has 4 saturated carbocycles. The lowest BCUT2D eigenvalue weighted by molar-refractivity contribution is -0.310. The SMILES string of the molecule is CC1O[C@@H](O[C@H]2CCC3(C)C4CCC5(C)[C@@H](C6=CC(=O)OC6)CC[C@]5(O)[C@@H]4CC[C@@H]3C2)[C@@H](O)C(O)[C@H]1O. The molecule has 208 valence electrons. The van der Waals surface area contributed by atoms with Crippen molar-refractivity contribution in [1.82, 2.24) is 0 Å². The first-order valence-electron chi connectivity index (χ1n) is 14.4. The van der Waals surface area contributed by atoms with E-state index in [-0.39, 0.29) is 34.7 Å². The highest BCUT2D eigenvalue weighted by Crippen LogP contribution is 2.70. The number of rotatable bonds is 3. The predicted molar refractivity (Wildman–Crippen MR) is 133 cm³/mol. The first-order chi connectivity index (χ1) is 17.5. The summed E-state index contributed by atoms with van der Waals surface area (Å²) in [7, 11) is 0. The molecular weight excluding hydrogens is 476 g/mol. The van der Waals surface area contributed by atoms with Gasteiger partial charge in [-0.15, -0.1) is 0 Å². The smallest absolute Gasteiger partial charge is 0.331 e. The average Bonchev–Trinajstić information content (AvgIpc) is 3.41. The normalized spacial score (nSPS) is 55.6. The van der Waals surface area contributed by atoms with Gasteiger partial charge in [-0.25, -0.2) is 4.79 Å². The lowest BCUT2D eigenvalue weighted by Gasteiger charge is -2.64. The van der Waals surface area contributed by atoms with Gasteiger partial charge in [0, 0.05) is 11.5 Å². The van der Waals surface area contributed by atoms with Crippen molar-refractivity contribution in [3.63, 3.8) is 0 Å². The van der Waals surface area contributed by atoms with Crippen molar-refractivity contribution in [3.8, 4) is 0 Å². The summed E-state index contributed by atoms with van der Waals surface area (Å²) in [6.45, 7) is 6.73. The van der Waals surface area contributed by atoms with Gasteiger partial charge in [0.15, 0.2) is 6.29 Å². The van der Waals surface area contributed by atoms with Gasteiger partial charge in [-0.2, -0.15) is 0 Å². The largest absolute Gasteiger partial charge is 0.458 e. The van der Waals surface area contributed by atoms with Gasteiger partial charge in [-0.1, -0.05) is 13.8 Å². The Balaban J connectivity index is 1.16. The maximum absolute atomic E-state index is 12.4. The van der Waals surface area contributed by atoms with E-state index in [1.807, 2.05) is 0 Å². The van der Waals surface area contributed by atoms with E-state index in [1.54, 1.807) is 13.0 Å². The number of ether oxygens (including phenoxy) is 3. The van der Waals surface area contributed by atoms with Gasteiger partial charge in [0.2, 0.25) is 0 Å². The Kier molecular flexibility index (Phi) is 6.37. The molecule has 4 N–H and O–H groups in total. The second kappa shape index (κ2) is 9.00. The molecule has 0 aromatic carbocycles. The number of aliphatic hydroxyl groups excluding tert-OH is 3. The molecule has 5 fully saturated rings. The van der Waals surface area contributed by atoms with Gasteiger partial charge in [0.05, 0.1) is 17.8 Å². The summed E-state index contributed by atoms with van der Waals surface area (Å²) >= 11 is 0. The molecule has 6 rings (SSSR count). The molecule has 2 aliphatic heterocycles. The van der Waals surface area contributed by atoms with Gasteiger partial charge >= 0.3 is 5.97 Å². The molecule has 0 bridgehead atoms. The van der Waals surface area contributed by atoms with Crippen LogP contribution in [0.4, 0.5) is 0 Å². The van der Waals surface area contributed by atoms with Crippen molar-refractivity contribution in [1.29, 1.82) is 0 Å². The number of carbonyl (C=O) groups is 1. The zero-order valence-electron chi connectivity index (χ0n) is 22.3.